The fraction of sp³-hybridized carbons (Fsp3) is 0.615. The second kappa shape index (κ2) is 9.26. The third-order valence-corrected chi connectivity index (χ3v) is 8.25. The van der Waals surface area contributed by atoms with Gasteiger partial charge in [-0.3, -0.25) is 19.7 Å². The van der Waals surface area contributed by atoms with Crippen molar-refractivity contribution in [2.24, 2.45) is 23.2 Å². The Balaban J connectivity index is 1.18. The van der Waals surface area contributed by atoms with Gasteiger partial charge in [0.25, 0.3) is 11.8 Å². The van der Waals surface area contributed by atoms with E-state index in [0.717, 1.165) is 19.3 Å². The standard InChI is InChI=1S/C26H32N2O7/c1-34-20-4-2-18(3-5-20)23(31)27-22(30)14-35-24(32)21-9-19(29)13-28(21)25(33)26-10-15-6-16(11-26)8-17(7-15)12-26/h2-5,15-17,19,21,29H,6-14H2,1H3,(H,27,30,31)/t15?,16?,17?,19?,21-,26?/m0/s1. The number of rotatable bonds is 6. The highest BCUT2D eigenvalue weighted by molar-refractivity contribution is 6.05. The normalized spacial score (nSPS) is 32.9. The predicted octanol–water partition coefficient (Wildman–Crippen LogP) is 1.67. The third-order valence-electron chi connectivity index (χ3n) is 8.25. The average molecular weight is 485 g/mol. The molecule has 1 saturated heterocycles. The number of aliphatic hydroxyl groups excluding tert-OH is 1. The lowest BCUT2D eigenvalue weighted by Crippen LogP contribution is -2.56. The monoisotopic (exact) mass is 484 g/mol. The SMILES string of the molecule is COc1ccc(C(=O)NC(=O)COC(=O)[C@@H]2CC(O)CN2C(=O)C23CC4CC(CC(C4)C2)C3)cc1. The van der Waals surface area contributed by atoms with Gasteiger partial charge in [-0.25, -0.2) is 4.79 Å². The van der Waals surface area contributed by atoms with Crippen LogP contribution in [0.25, 0.3) is 0 Å². The van der Waals surface area contributed by atoms with Crippen molar-refractivity contribution in [3.05, 3.63) is 29.8 Å². The van der Waals surface area contributed by atoms with Crippen LogP contribution in [-0.2, 0) is 19.1 Å². The molecule has 0 radical (unpaired) electrons. The van der Waals surface area contributed by atoms with E-state index in [0.29, 0.717) is 23.5 Å². The molecule has 4 saturated carbocycles. The fourth-order valence-corrected chi connectivity index (χ4v) is 7.15. The highest BCUT2D eigenvalue weighted by atomic mass is 16.5. The Morgan fingerprint density at radius 2 is 1.60 bits per heavy atom. The number of amides is 3. The van der Waals surface area contributed by atoms with Gasteiger partial charge in [0.05, 0.1) is 18.6 Å². The maximum atomic E-state index is 13.7. The van der Waals surface area contributed by atoms with E-state index >= 15 is 0 Å². The summed E-state index contributed by atoms with van der Waals surface area (Å²) in [4.78, 5) is 52.5. The Morgan fingerprint density at radius 3 is 2.17 bits per heavy atom. The van der Waals surface area contributed by atoms with Crippen molar-refractivity contribution in [2.45, 2.75) is 57.1 Å². The summed E-state index contributed by atoms with van der Waals surface area (Å²) >= 11 is 0. The van der Waals surface area contributed by atoms with Crippen molar-refractivity contribution >= 4 is 23.7 Å². The zero-order valence-corrected chi connectivity index (χ0v) is 19.9. The molecule has 1 aromatic carbocycles. The van der Waals surface area contributed by atoms with Crippen molar-refractivity contribution in [3.63, 3.8) is 0 Å². The Labute approximate surface area is 204 Å². The van der Waals surface area contributed by atoms with Gasteiger partial charge >= 0.3 is 5.97 Å². The molecule has 2 atom stereocenters. The zero-order valence-electron chi connectivity index (χ0n) is 19.9. The smallest absolute Gasteiger partial charge is 0.329 e. The van der Waals surface area contributed by atoms with Crippen LogP contribution in [0, 0.1) is 23.2 Å². The van der Waals surface area contributed by atoms with Crippen LogP contribution in [0.2, 0.25) is 0 Å². The van der Waals surface area contributed by atoms with Crippen molar-refractivity contribution < 1.29 is 33.8 Å². The number of β-amino-alcohol motifs (C(OH)–C–C–N with tert-alkyl or cyclic N) is 1. The molecule has 1 aromatic rings. The lowest BCUT2D eigenvalue weighted by molar-refractivity contribution is -0.166. The average Bonchev–Trinajstić information content (AvgIpc) is 3.22. The van der Waals surface area contributed by atoms with Gasteiger partial charge in [0.1, 0.15) is 11.8 Å². The summed E-state index contributed by atoms with van der Waals surface area (Å²) in [6.45, 7) is -0.546. The number of aliphatic hydroxyl groups is 1. The number of imide groups is 1. The van der Waals surface area contributed by atoms with E-state index in [1.807, 2.05) is 0 Å². The Bertz CT molecular complexity index is 986. The molecule has 0 aromatic heterocycles. The first-order valence-electron chi connectivity index (χ1n) is 12.4. The first-order chi connectivity index (χ1) is 16.8. The number of carbonyl (C=O) groups excluding carboxylic acids is 4. The van der Waals surface area contributed by atoms with Crippen LogP contribution in [0.1, 0.15) is 55.3 Å². The molecule has 5 aliphatic rings. The lowest BCUT2D eigenvalue weighted by atomic mass is 9.49. The summed E-state index contributed by atoms with van der Waals surface area (Å²) in [6.07, 6.45) is 5.46. The summed E-state index contributed by atoms with van der Waals surface area (Å²) in [7, 11) is 1.51. The van der Waals surface area contributed by atoms with Crippen LogP contribution in [0.4, 0.5) is 0 Å². The number of nitrogens with zero attached hydrogens (tertiary/aromatic N) is 1. The number of methoxy groups -OCH3 is 1. The van der Waals surface area contributed by atoms with Crippen LogP contribution in [-0.4, -0.2) is 66.1 Å². The molecule has 6 rings (SSSR count). The van der Waals surface area contributed by atoms with E-state index < -0.39 is 42.0 Å². The molecule has 188 valence electrons. The molecule has 4 bridgehead atoms. The van der Waals surface area contributed by atoms with Crippen LogP contribution in [0.5, 0.6) is 5.75 Å². The molecule has 4 aliphatic carbocycles. The van der Waals surface area contributed by atoms with Crippen molar-refractivity contribution in [2.75, 3.05) is 20.3 Å². The molecule has 1 unspecified atom stereocenters. The van der Waals surface area contributed by atoms with Gasteiger partial charge in [0.15, 0.2) is 6.61 Å². The maximum Gasteiger partial charge on any atom is 0.329 e. The fourth-order valence-electron chi connectivity index (χ4n) is 7.15. The first kappa shape index (κ1) is 23.8. The maximum absolute atomic E-state index is 13.7. The Hall–Kier alpha value is -2.94. The first-order valence-corrected chi connectivity index (χ1v) is 12.4. The summed E-state index contributed by atoms with van der Waals surface area (Å²) in [5, 5.41) is 12.5. The van der Waals surface area contributed by atoms with Crippen LogP contribution < -0.4 is 10.1 Å². The van der Waals surface area contributed by atoms with Gasteiger partial charge in [-0.05, 0) is 80.5 Å². The molecule has 2 N–H and O–H groups in total. The second-order valence-electron chi connectivity index (χ2n) is 10.8. The molecule has 35 heavy (non-hydrogen) atoms. The van der Waals surface area contributed by atoms with E-state index in [1.165, 1.54) is 43.4 Å². The molecule has 3 amide bonds. The summed E-state index contributed by atoms with van der Waals surface area (Å²) < 4.78 is 10.2. The van der Waals surface area contributed by atoms with Gasteiger partial charge in [-0.15, -0.1) is 0 Å². The summed E-state index contributed by atoms with van der Waals surface area (Å²) in [5.41, 5.74) is -0.170. The molecular formula is C26H32N2O7. The topological polar surface area (TPSA) is 122 Å². The van der Waals surface area contributed by atoms with E-state index in [4.69, 9.17) is 9.47 Å². The predicted molar refractivity (Wildman–Crippen MR) is 123 cm³/mol. The zero-order chi connectivity index (χ0) is 24.7. The number of ether oxygens (including phenoxy) is 2. The molecule has 5 fully saturated rings. The Morgan fingerprint density at radius 1 is 1.00 bits per heavy atom. The minimum Gasteiger partial charge on any atom is -0.497 e. The van der Waals surface area contributed by atoms with Crippen molar-refractivity contribution in [3.8, 4) is 5.75 Å². The highest BCUT2D eigenvalue weighted by Crippen LogP contribution is 2.60. The number of hydrogen-bond acceptors (Lipinski definition) is 7. The summed E-state index contributed by atoms with van der Waals surface area (Å²) in [5.74, 6) is 0.148. The van der Waals surface area contributed by atoms with E-state index in [1.54, 1.807) is 12.1 Å². The number of nitrogens with one attached hydrogen (secondary N) is 1. The van der Waals surface area contributed by atoms with Crippen LogP contribution >= 0.6 is 0 Å². The van der Waals surface area contributed by atoms with Gasteiger partial charge in [0.2, 0.25) is 5.91 Å². The highest BCUT2D eigenvalue weighted by Gasteiger charge is 2.57. The van der Waals surface area contributed by atoms with E-state index in [2.05, 4.69) is 5.32 Å². The molecular weight excluding hydrogens is 452 g/mol. The van der Waals surface area contributed by atoms with Gasteiger partial charge < -0.3 is 19.5 Å². The molecule has 9 heteroatoms. The molecule has 1 aliphatic heterocycles. The summed E-state index contributed by atoms with van der Waals surface area (Å²) in [6, 6.07) is 5.30. The number of carbonyl (C=O) groups is 4. The number of esters is 1. The van der Waals surface area contributed by atoms with Crippen LogP contribution in [0.3, 0.4) is 0 Å². The largest absolute Gasteiger partial charge is 0.497 e. The van der Waals surface area contributed by atoms with Crippen molar-refractivity contribution in [1.29, 1.82) is 0 Å². The molecule has 9 nitrogen and oxygen atoms in total. The van der Waals surface area contributed by atoms with Gasteiger partial charge in [-0.2, -0.15) is 0 Å². The molecule has 1 heterocycles. The van der Waals surface area contributed by atoms with Gasteiger partial charge in [0, 0.05) is 18.5 Å². The van der Waals surface area contributed by atoms with E-state index in [9.17, 15) is 24.3 Å². The number of benzene rings is 1. The quantitative estimate of drug-likeness (QED) is 0.589. The minimum atomic E-state index is -0.921. The Kier molecular flexibility index (Phi) is 6.29. The second-order valence-corrected chi connectivity index (χ2v) is 10.8. The molecule has 0 spiro atoms. The van der Waals surface area contributed by atoms with E-state index in [-0.39, 0.29) is 24.4 Å². The lowest BCUT2D eigenvalue weighted by Gasteiger charge is -2.56. The number of likely N-dealkylation sites (tertiary alicyclic amines) is 1. The number of hydrogen-bond donors (Lipinski definition) is 2. The minimum absolute atomic E-state index is 0.0470. The van der Waals surface area contributed by atoms with Crippen LogP contribution in [0.15, 0.2) is 24.3 Å². The third kappa shape index (κ3) is 4.66. The van der Waals surface area contributed by atoms with Crippen molar-refractivity contribution in [1.82, 2.24) is 10.2 Å². The van der Waals surface area contributed by atoms with Gasteiger partial charge in [-0.1, -0.05) is 0 Å².